The average molecular weight is 329 g/mol. The summed E-state index contributed by atoms with van der Waals surface area (Å²) in [6.45, 7) is 0.318. The van der Waals surface area contributed by atoms with Gasteiger partial charge in [-0.2, -0.15) is 4.98 Å². The maximum Gasteiger partial charge on any atom is 0.306 e. The van der Waals surface area contributed by atoms with E-state index in [1.807, 2.05) is 48.5 Å². The van der Waals surface area contributed by atoms with E-state index in [4.69, 9.17) is 4.74 Å². The minimum Gasteiger partial charge on any atom is -0.459 e. The van der Waals surface area contributed by atoms with Crippen LogP contribution in [-0.4, -0.2) is 14.5 Å². The molecule has 0 aliphatic rings. The first-order chi connectivity index (χ1) is 12.3. The van der Waals surface area contributed by atoms with E-state index in [1.54, 1.807) is 30.5 Å². The Morgan fingerprint density at radius 3 is 2.44 bits per heavy atom. The Hall–Kier alpha value is -3.47. The summed E-state index contributed by atoms with van der Waals surface area (Å²) in [7, 11) is 0. The molecule has 2 heterocycles. The Kier molecular flexibility index (Phi) is 3.96. The van der Waals surface area contributed by atoms with Crippen molar-refractivity contribution in [3.05, 3.63) is 94.9 Å². The Morgan fingerprint density at radius 1 is 0.880 bits per heavy atom. The smallest absolute Gasteiger partial charge is 0.306 e. The van der Waals surface area contributed by atoms with E-state index >= 15 is 0 Å². The van der Waals surface area contributed by atoms with Gasteiger partial charge in [-0.3, -0.25) is 4.79 Å². The van der Waals surface area contributed by atoms with Gasteiger partial charge in [0.15, 0.2) is 0 Å². The third kappa shape index (κ3) is 2.99. The van der Waals surface area contributed by atoms with Crippen LogP contribution in [-0.2, 0) is 6.61 Å². The normalized spacial score (nSPS) is 10.7. The molecule has 25 heavy (non-hydrogen) atoms. The van der Waals surface area contributed by atoms with Crippen LogP contribution in [0.3, 0.4) is 0 Å². The number of rotatable bonds is 4. The van der Waals surface area contributed by atoms with Crippen LogP contribution in [0.5, 0.6) is 6.01 Å². The second kappa shape index (κ2) is 6.57. The molecule has 0 radical (unpaired) electrons. The van der Waals surface area contributed by atoms with Crippen LogP contribution < -0.4 is 10.3 Å². The fourth-order valence-corrected chi connectivity index (χ4v) is 2.62. The predicted octanol–water partition coefficient (Wildman–Crippen LogP) is 3.36. The van der Waals surface area contributed by atoms with Crippen molar-refractivity contribution in [3.63, 3.8) is 0 Å². The fourth-order valence-electron chi connectivity index (χ4n) is 2.62. The Morgan fingerprint density at radius 2 is 1.64 bits per heavy atom. The lowest BCUT2D eigenvalue weighted by atomic mass is 10.2. The van der Waals surface area contributed by atoms with E-state index in [2.05, 4.69) is 9.97 Å². The lowest BCUT2D eigenvalue weighted by molar-refractivity contribution is 0.272. The lowest BCUT2D eigenvalue weighted by Crippen LogP contribution is -2.23. The van der Waals surface area contributed by atoms with Crippen LogP contribution >= 0.6 is 0 Å². The summed E-state index contributed by atoms with van der Waals surface area (Å²) in [4.78, 5) is 21.8. The molecule has 5 heteroatoms. The van der Waals surface area contributed by atoms with Crippen LogP contribution in [0, 0.1) is 0 Å². The first kappa shape index (κ1) is 15.1. The second-order valence-corrected chi connectivity index (χ2v) is 5.51. The number of pyridine rings is 1. The van der Waals surface area contributed by atoms with Crippen LogP contribution in [0.15, 0.2) is 83.8 Å². The van der Waals surface area contributed by atoms with Gasteiger partial charge in [-0.05, 0) is 29.8 Å². The van der Waals surface area contributed by atoms with Gasteiger partial charge in [-0.25, -0.2) is 9.55 Å². The molecule has 0 saturated carbocycles. The van der Waals surface area contributed by atoms with Gasteiger partial charge in [0.25, 0.3) is 5.56 Å². The SMILES string of the molecule is O=c1c2ccccc2nc(OCc2ccccc2)n1-c1ccccn1. The summed E-state index contributed by atoms with van der Waals surface area (Å²) in [5.41, 5.74) is 1.40. The quantitative estimate of drug-likeness (QED) is 0.576. The molecule has 0 unspecified atom stereocenters. The van der Waals surface area contributed by atoms with Crippen molar-refractivity contribution in [1.82, 2.24) is 14.5 Å². The summed E-state index contributed by atoms with van der Waals surface area (Å²) in [5, 5.41) is 0.528. The first-order valence-corrected chi connectivity index (χ1v) is 7.93. The molecule has 5 nitrogen and oxygen atoms in total. The van der Waals surface area contributed by atoms with Gasteiger partial charge in [0.2, 0.25) is 0 Å². The van der Waals surface area contributed by atoms with Gasteiger partial charge >= 0.3 is 6.01 Å². The number of benzene rings is 2. The monoisotopic (exact) mass is 329 g/mol. The van der Waals surface area contributed by atoms with Gasteiger partial charge in [0.05, 0.1) is 10.9 Å². The Balaban J connectivity index is 1.85. The van der Waals surface area contributed by atoms with Gasteiger partial charge < -0.3 is 4.74 Å². The number of aromatic nitrogens is 3. The van der Waals surface area contributed by atoms with Crippen molar-refractivity contribution in [3.8, 4) is 11.8 Å². The molecule has 2 aromatic heterocycles. The Labute approximate surface area is 144 Å². The van der Waals surface area contributed by atoms with E-state index in [0.29, 0.717) is 23.3 Å². The van der Waals surface area contributed by atoms with Gasteiger partial charge in [0, 0.05) is 6.20 Å². The highest BCUT2D eigenvalue weighted by atomic mass is 16.5. The van der Waals surface area contributed by atoms with E-state index in [1.165, 1.54) is 4.57 Å². The molecule has 0 saturated heterocycles. The molecule has 0 N–H and O–H groups in total. The number of para-hydroxylation sites is 1. The van der Waals surface area contributed by atoms with Crippen LogP contribution in [0.4, 0.5) is 0 Å². The molecule has 0 fully saturated rings. The average Bonchev–Trinajstić information content (AvgIpc) is 2.68. The van der Waals surface area contributed by atoms with E-state index in [-0.39, 0.29) is 11.6 Å². The third-order valence-electron chi connectivity index (χ3n) is 3.83. The molecule has 0 bridgehead atoms. The minimum atomic E-state index is -0.202. The molecule has 4 aromatic rings. The number of ether oxygens (including phenoxy) is 1. The number of fused-ring (bicyclic) bond motifs is 1. The molecule has 0 aliphatic carbocycles. The maximum absolute atomic E-state index is 13.0. The van der Waals surface area contributed by atoms with Crippen LogP contribution in [0.2, 0.25) is 0 Å². The summed E-state index contributed by atoms with van der Waals surface area (Å²) < 4.78 is 7.29. The van der Waals surface area contributed by atoms with Crippen LogP contribution in [0.25, 0.3) is 16.7 Å². The number of hydrogen-bond acceptors (Lipinski definition) is 4. The van der Waals surface area contributed by atoms with Crippen molar-refractivity contribution in [2.24, 2.45) is 0 Å². The van der Waals surface area contributed by atoms with Crippen molar-refractivity contribution >= 4 is 10.9 Å². The fraction of sp³-hybridized carbons (Fsp3) is 0.0500. The first-order valence-electron chi connectivity index (χ1n) is 7.93. The molecule has 0 amide bonds. The lowest BCUT2D eigenvalue weighted by Gasteiger charge is -2.13. The molecule has 4 rings (SSSR count). The summed E-state index contributed by atoms with van der Waals surface area (Å²) in [6.07, 6.45) is 1.64. The van der Waals surface area contributed by atoms with Crippen molar-refractivity contribution < 1.29 is 4.74 Å². The zero-order valence-corrected chi connectivity index (χ0v) is 13.4. The molecule has 0 spiro atoms. The second-order valence-electron chi connectivity index (χ2n) is 5.51. The molecule has 122 valence electrons. The molecule has 0 aliphatic heterocycles. The highest BCUT2D eigenvalue weighted by molar-refractivity contribution is 5.78. The number of nitrogens with zero attached hydrogens (tertiary/aromatic N) is 3. The minimum absolute atomic E-state index is 0.202. The molecule has 0 atom stereocenters. The zero-order chi connectivity index (χ0) is 17.1. The highest BCUT2D eigenvalue weighted by Gasteiger charge is 2.14. The number of hydrogen-bond donors (Lipinski definition) is 0. The predicted molar refractivity (Wildman–Crippen MR) is 95.9 cm³/mol. The summed E-state index contributed by atoms with van der Waals surface area (Å²) in [6, 6.07) is 22.6. The van der Waals surface area contributed by atoms with Crippen molar-refractivity contribution in [1.29, 1.82) is 0 Å². The van der Waals surface area contributed by atoms with E-state index in [9.17, 15) is 4.79 Å². The van der Waals surface area contributed by atoms with Crippen molar-refractivity contribution in [2.75, 3.05) is 0 Å². The molecular formula is C20H15N3O2. The third-order valence-corrected chi connectivity index (χ3v) is 3.83. The molecular weight excluding hydrogens is 314 g/mol. The standard InChI is InChI=1S/C20H15N3O2/c24-19-16-10-4-5-11-17(16)22-20(23(19)18-12-6-7-13-21-18)25-14-15-8-2-1-3-9-15/h1-13H,14H2. The van der Waals surface area contributed by atoms with Gasteiger partial charge in [-0.15, -0.1) is 0 Å². The van der Waals surface area contributed by atoms with Crippen molar-refractivity contribution in [2.45, 2.75) is 6.61 Å². The van der Waals surface area contributed by atoms with Gasteiger partial charge in [0.1, 0.15) is 12.4 Å². The molecule has 2 aromatic carbocycles. The maximum atomic E-state index is 13.0. The van der Waals surface area contributed by atoms with E-state index in [0.717, 1.165) is 5.56 Å². The van der Waals surface area contributed by atoms with E-state index < -0.39 is 0 Å². The zero-order valence-electron chi connectivity index (χ0n) is 13.4. The summed E-state index contributed by atoms with van der Waals surface area (Å²) in [5.74, 6) is 0.480. The highest BCUT2D eigenvalue weighted by Crippen LogP contribution is 2.17. The topological polar surface area (TPSA) is 57.0 Å². The van der Waals surface area contributed by atoms with Crippen LogP contribution in [0.1, 0.15) is 5.56 Å². The largest absolute Gasteiger partial charge is 0.459 e. The van der Waals surface area contributed by atoms with Gasteiger partial charge in [-0.1, -0.05) is 48.5 Å². The Bertz CT molecular complexity index is 1060. The summed E-state index contributed by atoms with van der Waals surface area (Å²) >= 11 is 0.